The standard InChI is InChI=1S/C18H18N2O3/c21-18(19-22)12-6-7-13-11-20(14-4-2-1-3-5-14)15-9-16(10-15)23-17(13)8-12/h1-8,15-16,22H,9-11H2,(H,19,21). The number of ether oxygens (including phenoxy) is 1. The fraction of sp³-hybridized carbons (Fsp3) is 0.278. The highest BCUT2D eigenvalue weighted by molar-refractivity contribution is 5.93. The molecule has 23 heavy (non-hydrogen) atoms. The van der Waals surface area contributed by atoms with Gasteiger partial charge < -0.3 is 9.64 Å². The van der Waals surface area contributed by atoms with Crippen LogP contribution in [-0.2, 0) is 6.54 Å². The van der Waals surface area contributed by atoms with Gasteiger partial charge in [0.15, 0.2) is 0 Å². The number of anilines is 1. The van der Waals surface area contributed by atoms with Gasteiger partial charge in [0.05, 0.1) is 0 Å². The van der Waals surface area contributed by atoms with Crippen LogP contribution in [0.4, 0.5) is 5.69 Å². The molecule has 2 aliphatic heterocycles. The number of amides is 1. The van der Waals surface area contributed by atoms with Gasteiger partial charge in [0.1, 0.15) is 11.9 Å². The second-order valence-corrected chi connectivity index (χ2v) is 6.09. The summed E-state index contributed by atoms with van der Waals surface area (Å²) in [7, 11) is 0. The van der Waals surface area contributed by atoms with Crippen LogP contribution in [0, 0.1) is 0 Å². The van der Waals surface area contributed by atoms with Crippen LogP contribution in [0.1, 0.15) is 28.8 Å². The summed E-state index contributed by atoms with van der Waals surface area (Å²) in [6, 6.07) is 16.2. The summed E-state index contributed by atoms with van der Waals surface area (Å²) in [5, 5.41) is 8.79. The lowest BCUT2D eigenvalue weighted by Crippen LogP contribution is -2.50. The zero-order valence-electron chi connectivity index (χ0n) is 12.6. The topological polar surface area (TPSA) is 61.8 Å². The molecule has 2 N–H and O–H groups in total. The maximum atomic E-state index is 11.6. The molecule has 3 aliphatic rings. The minimum absolute atomic E-state index is 0.192. The van der Waals surface area contributed by atoms with Crippen molar-refractivity contribution >= 4 is 11.6 Å². The van der Waals surface area contributed by atoms with E-state index in [0.29, 0.717) is 11.6 Å². The van der Waals surface area contributed by atoms with E-state index in [1.54, 1.807) is 17.6 Å². The summed E-state index contributed by atoms with van der Waals surface area (Å²) in [6.07, 6.45) is 2.17. The van der Waals surface area contributed by atoms with Crippen LogP contribution < -0.4 is 15.1 Å². The van der Waals surface area contributed by atoms with Gasteiger partial charge in [-0.3, -0.25) is 10.0 Å². The molecule has 2 bridgehead atoms. The van der Waals surface area contributed by atoms with E-state index in [-0.39, 0.29) is 6.10 Å². The van der Waals surface area contributed by atoms with Gasteiger partial charge in [-0.1, -0.05) is 24.3 Å². The molecule has 1 saturated carbocycles. The molecule has 0 saturated heterocycles. The van der Waals surface area contributed by atoms with E-state index in [1.807, 2.05) is 12.1 Å². The second-order valence-electron chi connectivity index (χ2n) is 6.09. The van der Waals surface area contributed by atoms with Crippen LogP contribution in [-0.4, -0.2) is 23.3 Å². The van der Waals surface area contributed by atoms with Gasteiger partial charge in [-0.05, 0) is 24.3 Å². The van der Waals surface area contributed by atoms with Crippen molar-refractivity contribution in [1.82, 2.24) is 5.48 Å². The van der Waals surface area contributed by atoms with Crippen LogP contribution in [0.5, 0.6) is 5.75 Å². The number of nitrogens with zero attached hydrogens (tertiary/aromatic N) is 1. The number of carbonyl (C=O) groups excluding carboxylic acids is 1. The summed E-state index contributed by atoms with van der Waals surface area (Å²) in [5.41, 5.74) is 4.33. The van der Waals surface area contributed by atoms with E-state index in [1.165, 1.54) is 5.69 Å². The highest BCUT2D eigenvalue weighted by Crippen LogP contribution is 2.38. The molecule has 0 atom stereocenters. The number of para-hydroxylation sites is 1. The highest BCUT2D eigenvalue weighted by Gasteiger charge is 2.38. The van der Waals surface area contributed by atoms with Crippen molar-refractivity contribution < 1.29 is 14.7 Å². The summed E-state index contributed by atoms with van der Waals surface area (Å²) >= 11 is 0. The third-order valence-electron chi connectivity index (χ3n) is 4.66. The third-order valence-corrected chi connectivity index (χ3v) is 4.66. The van der Waals surface area contributed by atoms with Crippen LogP contribution in [0.2, 0.25) is 0 Å². The Morgan fingerprint density at radius 2 is 1.96 bits per heavy atom. The maximum Gasteiger partial charge on any atom is 0.274 e. The number of rotatable bonds is 2. The zero-order chi connectivity index (χ0) is 15.8. The van der Waals surface area contributed by atoms with Gasteiger partial charge >= 0.3 is 0 Å². The number of hydrogen-bond donors (Lipinski definition) is 2. The van der Waals surface area contributed by atoms with Gasteiger partial charge in [-0.15, -0.1) is 0 Å². The van der Waals surface area contributed by atoms with E-state index >= 15 is 0 Å². The number of hydrogen-bond acceptors (Lipinski definition) is 4. The monoisotopic (exact) mass is 310 g/mol. The first-order valence-electron chi connectivity index (χ1n) is 7.80. The Bertz CT molecular complexity index is 726. The van der Waals surface area contributed by atoms with Crippen molar-refractivity contribution in [2.45, 2.75) is 31.5 Å². The minimum Gasteiger partial charge on any atom is -0.490 e. The Balaban J connectivity index is 1.70. The first-order chi connectivity index (χ1) is 11.2. The number of carbonyl (C=O) groups is 1. The third kappa shape index (κ3) is 2.53. The maximum absolute atomic E-state index is 11.6. The van der Waals surface area contributed by atoms with Crippen molar-refractivity contribution in [2.24, 2.45) is 0 Å². The van der Waals surface area contributed by atoms with Crippen molar-refractivity contribution in [1.29, 1.82) is 0 Å². The van der Waals surface area contributed by atoms with Crippen LogP contribution >= 0.6 is 0 Å². The molecular formula is C18H18N2O3. The molecule has 0 aromatic heterocycles. The molecule has 118 valence electrons. The average Bonchev–Trinajstić information content (AvgIpc) is 2.53. The molecule has 5 heteroatoms. The van der Waals surface area contributed by atoms with E-state index in [9.17, 15) is 4.79 Å². The lowest BCUT2D eigenvalue weighted by atomic mass is 9.86. The fourth-order valence-corrected chi connectivity index (χ4v) is 3.30. The molecule has 5 nitrogen and oxygen atoms in total. The lowest BCUT2D eigenvalue weighted by molar-refractivity contribution is 0.0701. The number of fused-ring (bicyclic) bond motifs is 1. The summed E-state index contributed by atoms with van der Waals surface area (Å²) in [5.74, 6) is 0.208. The minimum atomic E-state index is -0.523. The second kappa shape index (κ2) is 5.59. The smallest absolute Gasteiger partial charge is 0.274 e. The summed E-state index contributed by atoms with van der Waals surface area (Å²) < 4.78 is 6.03. The Kier molecular flexibility index (Phi) is 3.42. The van der Waals surface area contributed by atoms with Gasteiger partial charge in [-0.25, -0.2) is 5.48 Å². The predicted octanol–water partition coefficient (Wildman–Crippen LogP) is 2.74. The number of benzene rings is 2. The molecule has 5 rings (SSSR count). The van der Waals surface area contributed by atoms with Crippen molar-refractivity contribution in [3.8, 4) is 5.75 Å². The number of nitrogens with one attached hydrogen (secondary N) is 1. The normalized spacial score (nSPS) is 22.0. The predicted molar refractivity (Wildman–Crippen MR) is 85.8 cm³/mol. The Hall–Kier alpha value is -2.53. The van der Waals surface area contributed by atoms with Crippen molar-refractivity contribution in [3.05, 3.63) is 59.7 Å². The summed E-state index contributed by atoms with van der Waals surface area (Å²) in [6.45, 7) is 0.748. The van der Waals surface area contributed by atoms with Gasteiger partial charge in [0.25, 0.3) is 5.91 Å². The molecular weight excluding hydrogens is 292 g/mol. The molecule has 1 aliphatic carbocycles. The average molecular weight is 310 g/mol. The quantitative estimate of drug-likeness (QED) is 0.661. The Morgan fingerprint density at radius 1 is 1.17 bits per heavy atom. The molecule has 0 radical (unpaired) electrons. The van der Waals surface area contributed by atoms with E-state index in [4.69, 9.17) is 9.94 Å². The van der Waals surface area contributed by atoms with Crippen molar-refractivity contribution in [2.75, 3.05) is 4.90 Å². The fourth-order valence-electron chi connectivity index (χ4n) is 3.30. The Morgan fingerprint density at radius 3 is 2.70 bits per heavy atom. The molecule has 1 fully saturated rings. The van der Waals surface area contributed by atoms with Crippen LogP contribution in [0.25, 0.3) is 0 Å². The molecule has 2 aromatic carbocycles. The lowest BCUT2D eigenvalue weighted by Gasteiger charge is -2.46. The first kappa shape index (κ1) is 14.1. The van der Waals surface area contributed by atoms with Gasteiger partial charge in [-0.2, -0.15) is 0 Å². The SMILES string of the molecule is O=C(NO)c1ccc2c(c1)OC1CC(C1)N(c1ccccc1)C2. The highest BCUT2D eigenvalue weighted by atomic mass is 16.5. The summed E-state index contributed by atoms with van der Waals surface area (Å²) in [4.78, 5) is 14.0. The van der Waals surface area contributed by atoms with Crippen LogP contribution in [0.15, 0.2) is 48.5 Å². The van der Waals surface area contributed by atoms with Crippen LogP contribution in [0.3, 0.4) is 0 Å². The zero-order valence-corrected chi connectivity index (χ0v) is 12.6. The van der Waals surface area contributed by atoms with E-state index in [0.717, 1.165) is 30.7 Å². The first-order valence-corrected chi connectivity index (χ1v) is 7.80. The Labute approximate surface area is 134 Å². The molecule has 1 amide bonds. The largest absolute Gasteiger partial charge is 0.490 e. The van der Waals surface area contributed by atoms with Crippen molar-refractivity contribution in [3.63, 3.8) is 0 Å². The van der Waals surface area contributed by atoms with E-state index < -0.39 is 5.91 Å². The number of hydroxylamine groups is 1. The molecule has 2 aromatic rings. The van der Waals surface area contributed by atoms with Gasteiger partial charge in [0, 0.05) is 42.2 Å². The van der Waals surface area contributed by atoms with Gasteiger partial charge in [0.2, 0.25) is 0 Å². The van der Waals surface area contributed by atoms with E-state index in [2.05, 4.69) is 29.2 Å². The molecule has 0 spiro atoms. The molecule has 2 heterocycles. The molecule has 0 unspecified atom stereocenters.